The number of aryl methyl sites for hydroxylation is 3. The summed E-state index contributed by atoms with van der Waals surface area (Å²) in [5.41, 5.74) is 1.85. The minimum absolute atomic E-state index is 0.0257. The monoisotopic (exact) mass is 862 g/mol. The normalized spacial score (nSPS) is 10.9. The molecule has 1 heterocycles. The van der Waals surface area contributed by atoms with Crippen LogP contribution in [-0.2, 0) is 30.8 Å². The van der Waals surface area contributed by atoms with E-state index in [1.807, 2.05) is 32.0 Å². The van der Waals surface area contributed by atoms with Crippen LogP contribution in [0.4, 0.5) is 20.2 Å². The van der Waals surface area contributed by atoms with Gasteiger partial charge in [0.15, 0.2) is 4.84 Å². The molecule has 0 bridgehead atoms. The van der Waals surface area contributed by atoms with Gasteiger partial charge >= 0.3 is 12.2 Å². The van der Waals surface area contributed by atoms with Gasteiger partial charge in [-0.3, -0.25) is 19.2 Å². The van der Waals surface area contributed by atoms with Crippen LogP contribution < -0.4 is 15.3 Å². The number of sulfonamides is 1. The maximum absolute atomic E-state index is 12.8. The summed E-state index contributed by atoms with van der Waals surface area (Å²) in [6, 6.07) is 8.34. The number of benzene rings is 2. The molecule has 0 spiro atoms. The van der Waals surface area contributed by atoms with E-state index in [0.29, 0.717) is 24.4 Å². The van der Waals surface area contributed by atoms with Crippen molar-refractivity contribution < 1.29 is 31.5 Å². The zero-order valence-corrected chi connectivity index (χ0v) is 34.2. The van der Waals surface area contributed by atoms with Crippen molar-refractivity contribution in [2.45, 2.75) is 45.5 Å². The summed E-state index contributed by atoms with van der Waals surface area (Å²) in [7, 11) is -3.65. The van der Waals surface area contributed by atoms with Crippen molar-refractivity contribution >= 4 is 91.2 Å². The molecular weight excluding hydrogens is 824 g/mol. The molecule has 0 aliphatic rings. The first-order chi connectivity index (χ1) is 24.8. The van der Waals surface area contributed by atoms with Gasteiger partial charge < -0.3 is 9.64 Å². The molecule has 0 fully saturated rings. The Balaban J connectivity index is 0.000000419. The number of halogens is 7. The second-order valence-electron chi connectivity index (χ2n) is 10.7. The Morgan fingerprint density at radius 2 is 1.68 bits per heavy atom. The van der Waals surface area contributed by atoms with Gasteiger partial charge in [-0.25, -0.2) is 17.8 Å². The van der Waals surface area contributed by atoms with Crippen molar-refractivity contribution in [2.75, 3.05) is 48.2 Å². The van der Waals surface area contributed by atoms with Gasteiger partial charge in [0.25, 0.3) is 5.91 Å². The van der Waals surface area contributed by atoms with Gasteiger partial charge in [0.05, 0.1) is 33.4 Å². The summed E-state index contributed by atoms with van der Waals surface area (Å²) in [5, 5.41) is 3.63. The largest absolute Gasteiger partial charge is 0.361 e. The first-order valence-corrected chi connectivity index (χ1v) is 19.6. The maximum Gasteiger partial charge on any atom is 0.355 e. The van der Waals surface area contributed by atoms with Gasteiger partial charge in [0.1, 0.15) is 18.4 Å². The van der Waals surface area contributed by atoms with Crippen molar-refractivity contribution in [2.24, 2.45) is 0 Å². The summed E-state index contributed by atoms with van der Waals surface area (Å²) < 4.78 is 56.6. The fourth-order valence-electron chi connectivity index (χ4n) is 4.45. The molecule has 12 nitrogen and oxygen atoms in total. The summed E-state index contributed by atoms with van der Waals surface area (Å²) in [6.07, 6.45) is 4.99. The Morgan fingerprint density at radius 1 is 1.08 bits per heavy atom. The predicted octanol–water partition coefficient (Wildman–Crippen LogP) is 7.53. The molecule has 294 valence electrons. The first kappa shape index (κ1) is 47.8. The fraction of sp³-hybridized carbons (Fsp3) is 0.394. The van der Waals surface area contributed by atoms with Crippen molar-refractivity contribution in [1.82, 2.24) is 19.2 Å². The minimum atomic E-state index is -3.65. The number of aromatic nitrogens is 3. The number of hydrogen-bond acceptors (Lipinski definition) is 7. The van der Waals surface area contributed by atoms with Crippen LogP contribution in [0.25, 0.3) is 5.69 Å². The number of alkyl halides is 5. The summed E-state index contributed by atoms with van der Waals surface area (Å²) in [4.78, 5) is 37.2. The first-order valence-electron chi connectivity index (χ1n) is 15.5. The molecule has 2 aromatic carbocycles. The molecule has 1 aromatic heterocycles. The Morgan fingerprint density at radius 3 is 2.13 bits per heavy atom. The quantitative estimate of drug-likeness (QED) is 0.0949. The number of anilines is 2. The average molecular weight is 865 g/mol. The van der Waals surface area contributed by atoms with Crippen LogP contribution in [0, 0.1) is 13.8 Å². The number of nitrogens with zero attached hydrogens (tertiary/aromatic N) is 5. The van der Waals surface area contributed by atoms with Crippen molar-refractivity contribution in [1.29, 1.82) is 0 Å². The lowest BCUT2D eigenvalue weighted by molar-refractivity contribution is -0.128. The molecular formula is C33H41Cl5F2N6O6S. The highest BCUT2D eigenvalue weighted by molar-refractivity contribution is 7.92. The third kappa shape index (κ3) is 14.5. The van der Waals surface area contributed by atoms with Crippen LogP contribution in [0.1, 0.15) is 37.3 Å². The number of rotatable bonds is 15. The SMILES string of the molecule is C=CCN(CC=C)C(=O)C(Cl)Cl.CCOCN(C(=O)CCl)c1c(C)cccc1CC.Cc1nn(-c2cc(NS(C)(=O)=O)c(Cl)cc2Cl)c(=O)n1C(F)F. The predicted molar refractivity (Wildman–Crippen MR) is 210 cm³/mol. The molecule has 3 aromatic rings. The maximum atomic E-state index is 12.8. The Labute approximate surface area is 332 Å². The van der Waals surface area contributed by atoms with E-state index >= 15 is 0 Å². The molecule has 0 aliphatic heterocycles. The molecule has 0 radical (unpaired) electrons. The van der Waals surface area contributed by atoms with Gasteiger partial charge in [-0.2, -0.15) is 13.5 Å². The van der Waals surface area contributed by atoms with E-state index in [1.54, 1.807) is 17.1 Å². The zero-order valence-electron chi connectivity index (χ0n) is 29.6. The van der Waals surface area contributed by atoms with E-state index in [0.717, 1.165) is 35.6 Å². The lowest BCUT2D eigenvalue weighted by Gasteiger charge is -2.25. The van der Waals surface area contributed by atoms with Gasteiger partial charge in [0, 0.05) is 19.7 Å². The Kier molecular flexibility index (Phi) is 20.7. The number of carbonyl (C=O) groups excluding carboxylic acids is 2. The van der Waals surface area contributed by atoms with E-state index in [9.17, 15) is 31.6 Å². The molecule has 53 heavy (non-hydrogen) atoms. The molecule has 20 heteroatoms. The van der Waals surface area contributed by atoms with Gasteiger partial charge in [-0.1, -0.05) is 83.7 Å². The van der Waals surface area contributed by atoms with Crippen LogP contribution in [0.3, 0.4) is 0 Å². The molecule has 3 rings (SSSR count). The number of hydrogen-bond donors (Lipinski definition) is 1. The van der Waals surface area contributed by atoms with Crippen LogP contribution in [0.15, 0.2) is 60.4 Å². The molecule has 0 unspecified atom stereocenters. The van der Waals surface area contributed by atoms with Crippen LogP contribution in [0.2, 0.25) is 10.0 Å². The molecule has 0 saturated carbocycles. The van der Waals surface area contributed by atoms with Crippen LogP contribution >= 0.6 is 58.0 Å². The second-order valence-corrected chi connectivity index (χ2v) is 14.6. The fourth-order valence-corrected chi connectivity index (χ4v) is 6.00. The van der Waals surface area contributed by atoms with E-state index in [2.05, 4.69) is 29.9 Å². The molecule has 0 atom stereocenters. The highest BCUT2D eigenvalue weighted by Crippen LogP contribution is 2.32. The van der Waals surface area contributed by atoms with E-state index in [-0.39, 0.29) is 56.2 Å². The highest BCUT2D eigenvalue weighted by Gasteiger charge is 2.22. The third-order valence-corrected chi connectivity index (χ3v) is 8.55. The van der Waals surface area contributed by atoms with Gasteiger partial charge in [0.2, 0.25) is 15.9 Å². The number of nitrogens with one attached hydrogen (secondary N) is 1. The average Bonchev–Trinajstić information content (AvgIpc) is 3.38. The number of carbonyl (C=O) groups is 2. The lowest BCUT2D eigenvalue weighted by atomic mass is 10.0. The van der Waals surface area contributed by atoms with Crippen LogP contribution in [-0.4, -0.2) is 82.9 Å². The Hall–Kier alpha value is -3.18. The zero-order chi connectivity index (χ0) is 40.6. The van der Waals surface area contributed by atoms with E-state index < -0.39 is 27.1 Å². The topological polar surface area (TPSA) is 136 Å². The lowest BCUT2D eigenvalue weighted by Crippen LogP contribution is -2.35. The molecule has 0 aliphatic carbocycles. The standard InChI is InChI=1S/C14H20ClNO2.C11H10Cl2F2N4O3S.C8H11Cl2NO/c1-4-12-8-6-7-11(3)14(12)16(10-18-5-2)13(17)9-15;1-5-16-19(11(20)18(5)10(14)15)9-4-8(17-23(2,21)22)6(12)3-7(9)13;1-3-5-11(6-4-2)8(12)7(9)10/h6-8H,4-5,9-10H2,1-3H3;3-4,10,17H,1-2H3;3-4,7H,1-2,5-6H2. The summed E-state index contributed by atoms with van der Waals surface area (Å²) in [5.74, 6) is -0.717. The Bertz CT molecular complexity index is 1880. The number of amides is 2. The molecule has 0 saturated heterocycles. The molecule has 1 N–H and O–H groups in total. The van der Waals surface area contributed by atoms with Crippen molar-refractivity contribution in [3.05, 3.63) is 93.1 Å². The number of ether oxygens (including phenoxy) is 1. The van der Waals surface area contributed by atoms with Crippen molar-refractivity contribution in [3.63, 3.8) is 0 Å². The molecule has 2 amide bonds. The third-order valence-electron chi connectivity index (χ3n) is 6.75. The summed E-state index contributed by atoms with van der Waals surface area (Å²) in [6.45, 7) is 12.8. The van der Waals surface area contributed by atoms with Gasteiger partial charge in [-0.05, 0) is 50.5 Å². The summed E-state index contributed by atoms with van der Waals surface area (Å²) >= 11 is 28.3. The smallest absolute Gasteiger partial charge is 0.355 e. The minimum Gasteiger partial charge on any atom is -0.361 e. The van der Waals surface area contributed by atoms with E-state index in [1.165, 1.54) is 17.9 Å². The van der Waals surface area contributed by atoms with E-state index in [4.69, 9.17) is 62.7 Å². The second kappa shape index (κ2) is 22.9. The van der Waals surface area contributed by atoms with Crippen molar-refractivity contribution in [3.8, 4) is 5.69 Å². The van der Waals surface area contributed by atoms with Gasteiger partial charge in [-0.15, -0.1) is 29.9 Å². The number of para-hydroxylation sites is 1. The van der Waals surface area contributed by atoms with Crippen LogP contribution in [0.5, 0.6) is 0 Å². The highest BCUT2D eigenvalue weighted by atomic mass is 35.5.